The summed E-state index contributed by atoms with van der Waals surface area (Å²) in [5.74, 6) is 6.59. The second-order valence-electron chi connectivity index (χ2n) is 5.79. The molecule has 5 heteroatoms. The Kier molecular flexibility index (Phi) is 4.41. The molecule has 0 aliphatic carbocycles. The fourth-order valence-corrected chi connectivity index (χ4v) is 3.57. The maximum Gasteiger partial charge on any atom is 0.185 e. The zero-order chi connectivity index (χ0) is 16.2. The van der Waals surface area contributed by atoms with Crippen LogP contribution in [0.1, 0.15) is 5.56 Å². The van der Waals surface area contributed by atoms with Crippen molar-refractivity contribution in [3.63, 3.8) is 0 Å². The highest BCUT2D eigenvalue weighted by molar-refractivity contribution is 7.13. The van der Waals surface area contributed by atoms with Crippen LogP contribution in [0.15, 0.2) is 48.1 Å². The summed E-state index contributed by atoms with van der Waals surface area (Å²) in [5.41, 5.74) is 2.07. The Bertz CT molecular complexity index is 871. The molecule has 4 nitrogen and oxygen atoms in total. The predicted molar refractivity (Wildman–Crippen MR) is 99.4 cm³/mol. The summed E-state index contributed by atoms with van der Waals surface area (Å²) >= 11 is 1.71. The molecule has 1 fully saturated rings. The van der Waals surface area contributed by atoms with E-state index in [1.165, 1.54) is 0 Å². The van der Waals surface area contributed by atoms with Gasteiger partial charge in [0.05, 0.1) is 12.1 Å². The minimum atomic E-state index is 0.816. The fourth-order valence-electron chi connectivity index (χ4n) is 2.88. The number of hydrogen-bond donors (Lipinski definition) is 0. The van der Waals surface area contributed by atoms with E-state index >= 15 is 0 Å². The van der Waals surface area contributed by atoms with Crippen molar-refractivity contribution in [1.82, 2.24) is 14.9 Å². The summed E-state index contributed by atoms with van der Waals surface area (Å²) in [6.07, 6.45) is 3.69. The number of hydrogen-bond acceptors (Lipinski definition) is 5. The zero-order valence-corrected chi connectivity index (χ0v) is 14.2. The molecule has 120 valence electrons. The van der Waals surface area contributed by atoms with Gasteiger partial charge in [0, 0.05) is 54.9 Å². The highest BCUT2D eigenvalue weighted by Crippen LogP contribution is 2.18. The number of anilines is 1. The van der Waals surface area contributed by atoms with E-state index in [1.807, 2.05) is 36.0 Å². The summed E-state index contributed by atoms with van der Waals surface area (Å²) in [6.45, 7) is 4.94. The summed E-state index contributed by atoms with van der Waals surface area (Å²) in [6, 6.07) is 10.2. The summed E-state index contributed by atoms with van der Waals surface area (Å²) in [5, 5.41) is 4.30. The van der Waals surface area contributed by atoms with Crippen molar-refractivity contribution in [2.45, 2.75) is 0 Å². The number of pyridine rings is 1. The van der Waals surface area contributed by atoms with Crippen LogP contribution < -0.4 is 4.90 Å². The van der Waals surface area contributed by atoms with Gasteiger partial charge in [-0.2, -0.15) is 0 Å². The van der Waals surface area contributed by atoms with E-state index in [0.717, 1.165) is 54.3 Å². The van der Waals surface area contributed by atoms with Crippen LogP contribution >= 0.6 is 11.3 Å². The lowest BCUT2D eigenvalue weighted by atomic mass is 10.1. The summed E-state index contributed by atoms with van der Waals surface area (Å²) < 4.78 is 0. The SMILES string of the molecule is C(#Cc1ccc2ncccc2c1)CN1CCN(c2nccs2)CC1. The van der Waals surface area contributed by atoms with Gasteiger partial charge in [-0.1, -0.05) is 17.9 Å². The lowest BCUT2D eigenvalue weighted by molar-refractivity contribution is 0.288. The Hall–Kier alpha value is -2.42. The van der Waals surface area contributed by atoms with Gasteiger partial charge in [-0.25, -0.2) is 4.98 Å². The van der Waals surface area contributed by atoms with Crippen LogP contribution in [0.4, 0.5) is 5.13 Å². The second kappa shape index (κ2) is 7.00. The molecule has 0 spiro atoms. The topological polar surface area (TPSA) is 32.3 Å². The average Bonchev–Trinajstić information content (AvgIpc) is 3.17. The quantitative estimate of drug-likeness (QED) is 0.675. The van der Waals surface area contributed by atoms with E-state index in [2.05, 4.69) is 43.7 Å². The molecule has 1 aliphatic heterocycles. The molecule has 1 aromatic carbocycles. The van der Waals surface area contributed by atoms with Gasteiger partial charge in [0.15, 0.2) is 5.13 Å². The normalized spacial score (nSPS) is 15.2. The second-order valence-corrected chi connectivity index (χ2v) is 6.66. The molecule has 0 amide bonds. The first kappa shape index (κ1) is 15.1. The minimum absolute atomic E-state index is 0.816. The van der Waals surface area contributed by atoms with Crippen LogP contribution in [0.2, 0.25) is 0 Å². The lowest BCUT2D eigenvalue weighted by Crippen LogP contribution is -2.46. The first-order valence-electron chi connectivity index (χ1n) is 8.09. The van der Waals surface area contributed by atoms with Crippen LogP contribution in [0.3, 0.4) is 0 Å². The maximum atomic E-state index is 4.38. The molecule has 0 atom stereocenters. The maximum absolute atomic E-state index is 4.38. The minimum Gasteiger partial charge on any atom is -0.346 e. The van der Waals surface area contributed by atoms with Crippen molar-refractivity contribution in [3.8, 4) is 11.8 Å². The number of thiazole rings is 1. The Morgan fingerprint density at radius 2 is 1.96 bits per heavy atom. The van der Waals surface area contributed by atoms with Crippen LogP contribution in [0, 0.1) is 11.8 Å². The van der Waals surface area contributed by atoms with Gasteiger partial charge in [0.1, 0.15) is 0 Å². The van der Waals surface area contributed by atoms with E-state index in [1.54, 1.807) is 11.3 Å². The van der Waals surface area contributed by atoms with Gasteiger partial charge in [-0.3, -0.25) is 9.88 Å². The molecule has 0 N–H and O–H groups in total. The van der Waals surface area contributed by atoms with Crippen LogP contribution in [0.5, 0.6) is 0 Å². The van der Waals surface area contributed by atoms with Crippen molar-refractivity contribution in [3.05, 3.63) is 53.7 Å². The Labute approximate surface area is 145 Å². The first-order chi connectivity index (χ1) is 11.9. The Morgan fingerprint density at radius 3 is 2.79 bits per heavy atom. The molecule has 3 heterocycles. The number of aromatic nitrogens is 2. The van der Waals surface area contributed by atoms with E-state index in [4.69, 9.17) is 0 Å². The van der Waals surface area contributed by atoms with Gasteiger partial charge in [-0.05, 0) is 24.3 Å². The highest BCUT2D eigenvalue weighted by atomic mass is 32.1. The van der Waals surface area contributed by atoms with Gasteiger partial charge < -0.3 is 4.90 Å². The standard InChI is InChI=1S/C19H18N4S/c1-4-17-15-16(5-6-18(17)20-7-1)3-2-9-22-10-12-23(13-11-22)19-21-8-14-24-19/h1,4-8,14-15H,9-13H2. The fraction of sp³-hybridized carbons (Fsp3) is 0.263. The molecule has 0 bridgehead atoms. The molecule has 0 unspecified atom stereocenters. The third-order valence-corrected chi connectivity index (χ3v) is 5.03. The van der Waals surface area contributed by atoms with Gasteiger partial charge in [-0.15, -0.1) is 11.3 Å². The van der Waals surface area contributed by atoms with E-state index in [-0.39, 0.29) is 0 Å². The Balaban J connectivity index is 1.35. The predicted octanol–water partition coefficient (Wildman–Crippen LogP) is 2.87. The van der Waals surface area contributed by atoms with Gasteiger partial charge >= 0.3 is 0 Å². The zero-order valence-electron chi connectivity index (χ0n) is 13.4. The summed E-state index contributed by atoms with van der Waals surface area (Å²) in [7, 11) is 0. The summed E-state index contributed by atoms with van der Waals surface area (Å²) in [4.78, 5) is 13.5. The first-order valence-corrected chi connectivity index (χ1v) is 8.97. The van der Waals surface area contributed by atoms with E-state index < -0.39 is 0 Å². The molecule has 24 heavy (non-hydrogen) atoms. The molecular formula is C19H18N4S. The van der Waals surface area contributed by atoms with E-state index in [9.17, 15) is 0 Å². The number of nitrogens with zero attached hydrogens (tertiary/aromatic N) is 4. The smallest absolute Gasteiger partial charge is 0.185 e. The van der Waals surface area contributed by atoms with Gasteiger partial charge in [0.2, 0.25) is 0 Å². The van der Waals surface area contributed by atoms with Crippen molar-refractivity contribution in [1.29, 1.82) is 0 Å². The molecular weight excluding hydrogens is 316 g/mol. The van der Waals surface area contributed by atoms with Crippen LogP contribution in [-0.2, 0) is 0 Å². The molecule has 1 aliphatic rings. The van der Waals surface area contributed by atoms with Crippen molar-refractivity contribution in [2.24, 2.45) is 0 Å². The van der Waals surface area contributed by atoms with Crippen molar-refractivity contribution < 1.29 is 0 Å². The number of piperazine rings is 1. The van der Waals surface area contributed by atoms with Crippen LogP contribution in [0.25, 0.3) is 10.9 Å². The third-order valence-electron chi connectivity index (χ3n) is 4.20. The highest BCUT2D eigenvalue weighted by Gasteiger charge is 2.17. The van der Waals surface area contributed by atoms with E-state index in [0.29, 0.717) is 0 Å². The molecule has 0 radical (unpaired) electrons. The van der Waals surface area contributed by atoms with Crippen molar-refractivity contribution >= 4 is 27.4 Å². The third kappa shape index (κ3) is 3.40. The van der Waals surface area contributed by atoms with Crippen molar-refractivity contribution in [2.75, 3.05) is 37.6 Å². The average molecular weight is 334 g/mol. The van der Waals surface area contributed by atoms with Gasteiger partial charge in [0.25, 0.3) is 0 Å². The number of benzene rings is 1. The number of rotatable bonds is 2. The molecule has 4 rings (SSSR count). The lowest BCUT2D eigenvalue weighted by Gasteiger charge is -2.33. The molecule has 0 saturated carbocycles. The molecule has 2 aromatic heterocycles. The largest absolute Gasteiger partial charge is 0.346 e. The molecule has 3 aromatic rings. The Morgan fingerprint density at radius 1 is 1.04 bits per heavy atom. The number of fused-ring (bicyclic) bond motifs is 1. The molecule has 1 saturated heterocycles. The van der Waals surface area contributed by atoms with Crippen LogP contribution in [-0.4, -0.2) is 47.6 Å². The monoisotopic (exact) mass is 334 g/mol.